The highest BCUT2D eigenvalue weighted by atomic mass is 16.5. The van der Waals surface area contributed by atoms with Gasteiger partial charge in [-0.3, -0.25) is 4.79 Å². The molecule has 2 aromatic carbocycles. The molecule has 1 saturated carbocycles. The van der Waals surface area contributed by atoms with Crippen molar-refractivity contribution in [2.24, 2.45) is 0 Å². The minimum Gasteiger partial charge on any atom is -0.451 e. The molecule has 0 bridgehead atoms. The molecular formula is C21H17N3O3. The molecule has 0 aliphatic heterocycles. The van der Waals surface area contributed by atoms with Crippen molar-refractivity contribution < 1.29 is 13.7 Å². The van der Waals surface area contributed by atoms with Crippen LogP contribution in [0.2, 0.25) is 0 Å². The number of hydrogen-bond acceptors (Lipinski definition) is 5. The van der Waals surface area contributed by atoms with Crippen molar-refractivity contribution >= 4 is 22.6 Å². The molecule has 6 nitrogen and oxygen atoms in total. The molecule has 1 amide bonds. The smallest absolute Gasteiger partial charge is 0.291 e. The maximum absolute atomic E-state index is 12.6. The van der Waals surface area contributed by atoms with E-state index in [4.69, 9.17) is 8.94 Å². The number of carbonyl (C=O) groups is 1. The summed E-state index contributed by atoms with van der Waals surface area (Å²) in [7, 11) is 0. The van der Waals surface area contributed by atoms with Crippen LogP contribution in [0.25, 0.3) is 11.0 Å². The van der Waals surface area contributed by atoms with Crippen LogP contribution in [0, 0.1) is 0 Å². The van der Waals surface area contributed by atoms with Crippen molar-refractivity contribution in [2.45, 2.75) is 25.2 Å². The number of rotatable bonds is 5. The standard InChI is InChI=1S/C21H17N3O3/c25-21(18-11-15-6-2-4-8-17(15)26-18)22-16-7-3-1-5-14(16)12-19-23-20(24-27-19)13-9-10-13/h1-8,11,13H,9-10,12H2,(H,22,25). The zero-order valence-electron chi connectivity index (χ0n) is 14.5. The Morgan fingerprint density at radius 3 is 2.78 bits per heavy atom. The van der Waals surface area contributed by atoms with Crippen LogP contribution in [-0.2, 0) is 6.42 Å². The summed E-state index contributed by atoms with van der Waals surface area (Å²) in [6.45, 7) is 0. The minimum absolute atomic E-state index is 0.278. The van der Waals surface area contributed by atoms with E-state index in [-0.39, 0.29) is 11.7 Å². The Hall–Kier alpha value is -3.41. The number of nitrogens with one attached hydrogen (secondary N) is 1. The SMILES string of the molecule is O=C(Nc1ccccc1Cc1nc(C2CC2)no1)c1cc2ccccc2o1. The van der Waals surface area contributed by atoms with E-state index >= 15 is 0 Å². The number of amides is 1. The second kappa shape index (κ2) is 6.39. The van der Waals surface area contributed by atoms with E-state index in [9.17, 15) is 4.79 Å². The van der Waals surface area contributed by atoms with Gasteiger partial charge in [-0.1, -0.05) is 41.6 Å². The summed E-state index contributed by atoms with van der Waals surface area (Å²) in [5, 5.41) is 7.87. The molecule has 6 heteroatoms. The first-order valence-electron chi connectivity index (χ1n) is 8.96. The van der Waals surface area contributed by atoms with Gasteiger partial charge in [0.25, 0.3) is 5.91 Å². The van der Waals surface area contributed by atoms with Crippen LogP contribution in [0.3, 0.4) is 0 Å². The average Bonchev–Trinajstić information content (AvgIpc) is 3.27. The summed E-state index contributed by atoms with van der Waals surface area (Å²) in [4.78, 5) is 17.1. The molecule has 2 aromatic heterocycles. The number of para-hydroxylation sites is 2. The summed E-state index contributed by atoms with van der Waals surface area (Å²) in [6, 6.07) is 16.9. The van der Waals surface area contributed by atoms with Gasteiger partial charge >= 0.3 is 0 Å². The van der Waals surface area contributed by atoms with Gasteiger partial charge in [0.2, 0.25) is 5.89 Å². The van der Waals surface area contributed by atoms with Crippen LogP contribution >= 0.6 is 0 Å². The summed E-state index contributed by atoms with van der Waals surface area (Å²) >= 11 is 0. The van der Waals surface area contributed by atoms with Crippen LogP contribution in [0.15, 0.2) is 63.5 Å². The van der Waals surface area contributed by atoms with E-state index in [0.717, 1.165) is 29.6 Å². The van der Waals surface area contributed by atoms with Crippen LogP contribution in [0.5, 0.6) is 0 Å². The first-order valence-corrected chi connectivity index (χ1v) is 8.96. The van der Waals surface area contributed by atoms with Gasteiger partial charge in [0.15, 0.2) is 11.6 Å². The van der Waals surface area contributed by atoms with E-state index in [1.165, 1.54) is 0 Å². The summed E-state index contributed by atoms with van der Waals surface area (Å²) < 4.78 is 11.0. The van der Waals surface area contributed by atoms with Crippen molar-refractivity contribution in [2.75, 3.05) is 5.32 Å². The van der Waals surface area contributed by atoms with Crippen LogP contribution in [0.4, 0.5) is 5.69 Å². The Labute approximate surface area is 155 Å². The first kappa shape index (κ1) is 15.8. The lowest BCUT2D eigenvalue weighted by atomic mass is 10.1. The van der Waals surface area contributed by atoms with E-state index in [1.54, 1.807) is 6.07 Å². The van der Waals surface area contributed by atoms with Gasteiger partial charge in [0.05, 0.1) is 6.42 Å². The third-order valence-electron chi connectivity index (χ3n) is 4.68. The molecule has 0 saturated heterocycles. The fourth-order valence-electron chi connectivity index (χ4n) is 3.08. The van der Waals surface area contributed by atoms with Gasteiger partial charge in [-0.05, 0) is 36.6 Å². The number of fused-ring (bicyclic) bond motifs is 1. The van der Waals surface area contributed by atoms with Gasteiger partial charge in [0, 0.05) is 17.0 Å². The molecule has 1 fully saturated rings. The molecule has 0 unspecified atom stereocenters. The molecule has 1 aliphatic carbocycles. The zero-order chi connectivity index (χ0) is 18.2. The van der Waals surface area contributed by atoms with Crippen molar-refractivity contribution in [1.82, 2.24) is 10.1 Å². The predicted molar refractivity (Wildman–Crippen MR) is 99.7 cm³/mol. The van der Waals surface area contributed by atoms with Crippen LogP contribution in [-0.4, -0.2) is 16.0 Å². The highest BCUT2D eigenvalue weighted by Crippen LogP contribution is 2.38. The molecule has 134 valence electrons. The Balaban J connectivity index is 1.37. The average molecular weight is 359 g/mol. The lowest BCUT2D eigenvalue weighted by Crippen LogP contribution is -2.12. The van der Waals surface area contributed by atoms with Crippen molar-refractivity contribution in [3.05, 3.63) is 77.6 Å². The molecule has 0 atom stereocenters. The van der Waals surface area contributed by atoms with E-state index < -0.39 is 0 Å². The molecule has 5 rings (SSSR count). The Morgan fingerprint density at radius 2 is 1.93 bits per heavy atom. The lowest BCUT2D eigenvalue weighted by Gasteiger charge is -2.08. The molecule has 1 aliphatic rings. The molecule has 1 N–H and O–H groups in total. The Morgan fingerprint density at radius 1 is 1.11 bits per heavy atom. The van der Waals surface area contributed by atoms with Gasteiger partial charge in [-0.25, -0.2) is 0 Å². The topological polar surface area (TPSA) is 81.2 Å². The zero-order valence-corrected chi connectivity index (χ0v) is 14.5. The quantitative estimate of drug-likeness (QED) is 0.566. The van der Waals surface area contributed by atoms with Gasteiger partial charge < -0.3 is 14.3 Å². The number of nitrogens with zero attached hydrogens (tertiary/aromatic N) is 2. The summed E-state index contributed by atoms with van der Waals surface area (Å²) in [6.07, 6.45) is 2.72. The maximum atomic E-state index is 12.6. The number of furan rings is 1. The number of benzene rings is 2. The number of carbonyl (C=O) groups excluding carboxylic acids is 1. The number of aromatic nitrogens is 2. The fraction of sp³-hybridized carbons (Fsp3) is 0.190. The van der Waals surface area contributed by atoms with Crippen LogP contribution in [0.1, 0.15) is 46.6 Å². The van der Waals surface area contributed by atoms with E-state index in [2.05, 4.69) is 15.5 Å². The van der Waals surface area contributed by atoms with E-state index in [1.807, 2.05) is 48.5 Å². The molecule has 2 heterocycles. The molecular weight excluding hydrogens is 342 g/mol. The van der Waals surface area contributed by atoms with Crippen molar-refractivity contribution in [1.29, 1.82) is 0 Å². The third-order valence-corrected chi connectivity index (χ3v) is 4.68. The number of hydrogen-bond donors (Lipinski definition) is 1. The minimum atomic E-state index is -0.289. The second-order valence-electron chi connectivity index (χ2n) is 6.76. The summed E-state index contributed by atoms with van der Waals surface area (Å²) in [5.74, 6) is 1.78. The summed E-state index contributed by atoms with van der Waals surface area (Å²) in [5.41, 5.74) is 2.30. The van der Waals surface area contributed by atoms with Crippen molar-refractivity contribution in [3.8, 4) is 0 Å². The van der Waals surface area contributed by atoms with Gasteiger partial charge in [0.1, 0.15) is 5.58 Å². The maximum Gasteiger partial charge on any atom is 0.291 e. The fourth-order valence-corrected chi connectivity index (χ4v) is 3.08. The van der Waals surface area contributed by atoms with E-state index in [0.29, 0.717) is 29.5 Å². The molecule has 0 radical (unpaired) electrons. The Kier molecular flexibility index (Phi) is 3.74. The molecule has 27 heavy (non-hydrogen) atoms. The highest BCUT2D eigenvalue weighted by Gasteiger charge is 2.28. The molecule has 0 spiro atoms. The van der Waals surface area contributed by atoms with Gasteiger partial charge in [-0.15, -0.1) is 0 Å². The van der Waals surface area contributed by atoms with Gasteiger partial charge in [-0.2, -0.15) is 4.98 Å². The molecule has 4 aromatic rings. The normalized spacial score (nSPS) is 13.8. The monoisotopic (exact) mass is 359 g/mol. The largest absolute Gasteiger partial charge is 0.451 e. The Bertz CT molecular complexity index is 1090. The predicted octanol–water partition coefficient (Wildman–Crippen LogP) is 4.54. The third kappa shape index (κ3) is 3.21. The lowest BCUT2D eigenvalue weighted by molar-refractivity contribution is 0.0998. The highest BCUT2D eigenvalue weighted by molar-refractivity contribution is 6.05. The van der Waals surface area contributed by atoms with Crippen molar-refractivity contribution in [3.63, 3.8) is 0 Å². The van der Waals surface area contributed by atoms with Crippen LogP contribution < -0.4 is 5.32 Å². The number of anilines is 1. The second-order valence-corrected chi connectivity index (χ2v) is 6.76. The first-order chi connectivity index (χ1) is 13.3.